The topological polar surface area (TPSA) is 92.4 Å². The number of carboxylic acid groups (broad SMARTS) is 2. The van der Waals surface area contributed by atoms with Gasteiger partial charge in [0.2, 0.25) is 0 Å². The number of halogens is 2. The van der Waals surface area contributed by atoms with E-state index in [2.05, 4.69) is 5.10 Å². The minimum absolute atomic E-state index is 0.266. The van der Waals surface area contributed by atoms with Gasteiger partial charge in [-0.2, -0.15) is 5.10 Å². The quantitative estimate of drug-likeness (QED) is 0.909. The smallest absolute Gasteiger partial charge is 0.355 e. The molecule has 1 heterocycles. The van der Waals surface area contributed by atoms with Crippen molar-refractivity contribution in [1.82, 2.24) is 9.78 Å². The molecule has 0 amide bonds. The summed E-state index contributed by atoms with van der Waals surface area (Å²) >= 11 is 11.6. The first-order chi connectivity index (χ1) is 8.90. The number of hydrogen-bond acceptors (Lipinski definition) is 3. The van der Waals surface area contributed by atoms with E-state index in [1.165, 1.54) is 18.2 Å². The lowest BCUT2D eigenvalue weighted by Crippen LogP contribution is -2.12. The molecule has 0 radical (unpaired) electrons. The average Bonchev–Trinajstić information content (AvgIpc) is 2.71. The molecule has 0 bridgehead atoms. The summed E-state index contributed by atoms with van der Waals surface area (Å²) in [7, 11) is 0. The van der Waals surface area contributed by atoms with Crippen LogP contribution in [0.4, 0.5) is 0 Å². The van der Waals surface area contributed by atoms with E-state index < -0.39 is 23.2 Å². The van der Waals surface area contributed by atoms with Gasteiger partial charge in [-0.15, -0.1) is 0 Å². The van der Waals surface area contributed by atoms with Crippen molar-refractivity contribution in [3.63, 3.8) is 0 Å². The first-order valence-corrected chi connectivity index (χ1v) is 5.67. The molecular weight excluding hydrogens is 295 g/mol. The molecule has 1 aromatic carbocycles. The van der Waals surface area contributed by atoms with Gasteiger partial charge >= 0.3 is 11.9 Å². The van der Waals surface area contributed by atoms with Crippen LogP contribution < -0.4 is 0 Å². The zero-order valence-electron chi connectivity index (χ0n) is 9.17. The molecule has 1 aromatic heterocycles. The van der Waals surface area contributed by atoms with E-state index in [-0.39, 0.29) is 15.7 Å². The first-order valence-electron chi connectivity index (χ1n) is 4.91. The molecule has 0 fully saturated rings. The molecule has 0 atom stereocenters. The number of carbonyl (C=O) groups is 2. The van der Waals surface area contributed by atoms with Crippen molar-refractivity contribution in [2.45, 2.75) is 0 Å². The van der Waals surface area contributed by atoms with Gasteiger partial charge in [0, 0.05) is 10.0 Å². The van der Waals surface area contributed by atoms with Crippen molar-refractivity contribution in [1.29, 1.82) is 0 Å². The summed E-state index contributed by atoms with van der Waals surface area (Å²) in [6.45, 7) is 0. The Morgan fingerprint density at radius 2 is 1.63 bits per heavy atom. The molecule has 0 aliphatic rings. The molecule has 0 aliphatic carbocycles. The van der Waals surface area contributed by atoms with Crippen molar-refractivity contribution in [2.24, 2.45) is 0 Å². The van der Waals surface area contributed by atoms with Gasteiger partial charge in [0.05, 0.1) is 11.9 Å². The van der Waals surface area contributed by atoms with Gasteiger partial charge < -0.3 is 10.2 Å². The summed E-state index contributed by atoms with van der Waals surface area (Å²) in [5, 5.41) is 22.3. The van der Waals surface area contributed by atoms with Crippen LogP contribution in [0, 0.1) is 0 Å². The number of carboxylic acids is 2. The summed E-state index contributed by atoms with van der Waals surface area (Å²) in [6.07, 6.45) is 0.959. The predicted molar refractivity (Wildman–Crippen MR) is 67.5 cm³/mol. The summed E-state index contributed by atoms with van der Waals surface area (Å²) < 4.78 is 0.962. The van der Waals surface area contributed by atoms with Crippen LogP contribution in [0.15, 0.2) is 24.4 Å². The number of aromatic carboxylic acids is 2. The Morgan fingerprint density at radius 1 is 1.05 bits per heavy atom. The van der Waals surface area contributed by atoms with Gasteiger partial charge in [-0.1, -0.05) is 23.2 Å². The lowest BCUT2D eigenvalue weighted by atomic mass is 10.2. The minimum atomic E-state index is -1.41. The largest absolute Gasteiger partial charge is 0.478 e. The molecule has 2 rings (SSSR count). The van der Waals surface area contributed by atoms with E-state index in [1.54, 1.807) is 0 Å². The van der Waals surface area contributed by atoms with Crippen LogP contribution in [0.25, 0.3) is 5.69 Å². The second-order valence-electron chi connectivity index (χ2n) is 3.56. The molecule has 0 saturated heterocycles. The van der Waals surface area contributed by atoms with Crippen LogP contribution in [0.1, 0.15) is 20.8 Å². The fraction of sp³-hybridized carbons (Fsp3) is 0. The Bertz CT molecular complexity index is 661. The summed E-state index contributed by atoms with van der Waals surface area (Å²) in [5.41, 5.74) is -0.614. The SMILES string of the molecule is O=C(O)c1cnn(-c2cc(Cl)cc(Cl)c2)c1C(=O)O. The van der Waals surface area contributed by atoms with Crippen molar-refractivity contribution in [3.8, 4) is 5.69 Å². The molecule has 0 unspecified atom stereocenters. The predicted octanol–water partition coefficient (Wildman–Crippen LogP) is 2.58. The normalized spacial score (nSPS) is 10.4. The van der Waals surface area contributed by atoms with Gasteiger partial charge in [0.25, 0.3) is 0 Å². The molecule has 0 spiro atoms. The Balaban J connectivity index is 2.69. The van der Waals surface area contributed by atoms with Crippen LogP contribution >= 0.6 is 23.2 Å². The van der Waals surface area contributed by atoms with Crippen molar-refractivity contribution >= 4 is 35.1 Å². The third-order valence-corrected chi connectivity index (χ3v) is 2.73. The maximum Gasteiger partial charge on any atom is 0.355 e. The zero-order valence-corrected chi connectivity index (χ0v) is 10.7. The second kappa shape index (κ2) is 4.91. The molecule has 6 nitrogen and oxygen atoms in total. The van der Waals surface area contributed by atoms with Crippen molar-refractivity contribution in [3.05, 3.63) is 45.7 Å². The molecule has 2 aromatic rings. The van der Waals surface area contributed by atoms with Crippen molar-refractivity contribution < 1.29 is 19.8 Å². The molecular formula is C11H6Cl2N2O4. The van der Waals surface area contributed by atoms with Crippen LogP contribution in [0.2, 0.25) is 10.0 Å². The van der Waals surface area contributed by atoms with E-state index in [9.17, 15) is 9.59 Å². The highest BCUT2D eigenvalue weighted by Gasteiger charge is 2.23. The van der Waals surface area contributed by atoms with E-state index in [0.29, 0.717) is 0 Å². The minimum Gasteiger partial charge on any atom is -0.478 e. The van der Waals surface area contributed by atoms with Gasteiger partial charge in [-0.05, 0) is 18.2 Å². The van der Waals surface area contributed by atoms with Crippen LogP contribution in [0.5, 0.6) is 0 Å². The van der Waals surface area contributed by atoms with E-state index in [4.69, 9.17) is 33.4 Å². The lowest BCUT2D eigenvalue weighted by molar-refractivity contribution is 0.0646. The average molecular weight is 301 g/mol. The van der Waals surface area contributed by atoms with Gasteiger partial charge in [0.1, 0.15) is 5.56 Å². The molecule has 0 aliphatic heterocycles. The first kappa shape index (κ1) is 13.4. The highest BCUT2D eigenvalue weighted by atomic mass is 35.5. The Morgan fingerprint density at radius 3 is 2.11 bits per heavy atom. The maximum atomic E-state index is 11.2. The Hall–Kier alpha value is -2.05. The molecule has 19 heavy (non-hydrogen) atoms. The van der Waals surface area contributed by atoms with Crippen LogP contribution in [0.3, 0.4) is 0 Å². The number of benzene rings is 1. The van der Waals surface area contributed by atoms with E-state index >= 15 is 0 Å². The fourth-order valence-electron chi connectivity index (χ4n) is 1.57. The lowest BCUT2D eigenvalue weighted by Gasteiger charge is -2.06. The molecule has 2 N–H and O–H groups in total. The highest BCUT2D eigenvalue weighted by molar-refractivity contribution is 6.34. The zero-order chi connectivity index (χ0) is 14.2. The highest BCUT2D eigenvalue weighted by Crippen LogP contribution is 2.23. The monoisotopic (exact) mass is 300 g/mol. The third kappa shape index (κ3) is 2.54. The van der Waals surface area contributed by atoms with Crippen LogP contribution in [-0.4, -0.2) is 31.9 Å². The molecule has 98 valence electrons. The second-order valence-corrected chi connectivity index (χ2v) is 4.43. The number of aromatic nitrogens is 2. The standard InChI is InChI=1S/C11H6Cl2N2O4/c12-5-1-6(13)3-7(2-5)15-9(11(18)19)8(4-14-15)10(16)17/h1-4H,(H,16,17)(H,18,19). The maximum absolute atomic E-state index is 11.2. The van der Waals surface area contributed by atoms with Gasteiger partial charge in [-0.3, -0.25) is 0 Å². The fourth-order valence-corrected chi connectivity index (χ4v) is 2.08. The van der Waals surface area contributed by atoms with E-state index in [1.807, 2.05) is 0 Å². The number of hydrogen-bond donors (Lipinski definition) is 2. The summed E-state index contributed by atoms with van der Waals surface area (Å²) in [5.74, 6) is -2.79. The Labute approximate surface area is 116 Å². The van der Waals surface area contributed by atoms with Crippen molar-refractivity contribution in [2.75, 3.05) is 0 Å². The summed E-state index contributed by atoms with van der Waals surface area (Å²) in [6, 6.07) is 4.33. The van der Waals surface area contributed by atoms with E-state index in [0.717, 1.165) is 10.9 Å². The third-order valence-electron chi connectivity index (χ3n) is 2.29. The number of rotatable bonds is 3. The summed E-state index contributed by atoms with van der Waals surface area (Å²) in [4.78, 5) is 22.1. The molecule has 8 heteroatoms. The number of nitrogens with zero attached hydrogens (tertiary/aromatic N) is 2. The molecule has 0 saturated carbocycles. The van der Waals surface area contributed by atoms with Gasteiger partial charge in [-0.25, -0.2) is 14.3 Å². The Kier molecular flexibility index (Phi) is 3.46. The van der Waals surface area contributed by atoms with Gasteiger partial charge in [0.15, 0.2) is 5.69 Å². The van der Waals surface area contributed by atoms with Crippen LogP contribution in [-0.2, 0) is 0 Å².